The van der Waals surface area contributed by atoms with E-state index in [1.54, 1.807) is 60.1 Å². The van der Waals surface area contributed by atoms with Crippen LogP contribution in [0.3, 0.4) is 0 Å². The van der Waals surface area contributed by atoms with Crippen molar-refractivity contribution < 1.29 is 14.3 Å². The smallest absolute Gasteiger partial charge is 0.411 e. The third-order valence-corrected chi connectivity index (χ3v) is 4.13. The van der Waals surface area contributed by atoms with Gasteiger partial charge in [0.25, 0.3) is 5.91 Å². The summed E-state index contributed by atoms with van der Waals surface area (Å²) in [6, 6.07) is 14.1. The molecule has 0 saturated carbocycles. The Balaban J connectivity index is 1.63. The number of anilines is 1. The van der Waals surface area contributed by atoms with Gasteiger partial charge >= 0.3 is 6.09 Å². The van der Waals surface area contributed by atoms with E-state index >= 15 is 0 Å². The largest absolute Gasteiger partial charge is 0.453 e. The van der Waals surface area contributed by atoms with Gasteiger partial charge in [0.1, 0.15) is 5.82 Å². The topological polar surface area (TPSA) is 98.1 Å². The first-order chi connectivity index (χ1) is 13.5. The zero-order chi connectivity index (χ0) is 20.1. The van der Waals surface area contributed by atoms with Crippen molar-refractivity contribution in [3.63, 3.8) is 0 Å². The number of hydrogen-bond donors (Lipinski definition) is 2. The van der Waals surface area contributed by atoms with Crippen molar-refractivity contribution in [3.8, 4) is 5.69 Å². The summed E-state index contributed by atoms with van der Waals surface area (Å²) in [4.78, 5) is 27.8. The van der Waals surface area contributed by atoms with Crippen molar-refractivity contribution in [1.29, 1.82) is 0 Å². The predicted molar refractivity (Wildman–Crippen MR) is 105 cm³/mol. The van der Waals surface area contributed by atoms with Crippen LogP contribution in [0.1, 0.15) is 22.0 Å². The minimum absolute atomic E-state index is 0.0800. The van der Waals surface area contributed by atoms with Crippen molar-refractivity contribution >= 4 is 29.3 Å². The van der Waals surface area contributed by atoms with Gasteiger partial charge in [0, 0.05) is 17.3 Å². The Labute approximate surface area is 166 Å². The van der Waals surface area contributed by atoms with Gasteiger partial charge < -0.3 is 10.1 Å². The number of benzene rings is 2. The van der Waals surface area contributed by atoms with Gasteiger partial charge in [0.15, 0.2) is 0 Å². The standard InChI is InChI=1S/C19H18ClN5O3/c1-12-22-17(24-25(12)16-9-5-14(20)6-10-16)18(26)21-11-13-3-7-15(8-4-13)23-19(27)28-2/h3-10H,11H2,1-2H3,(H,21,26)(H,23,27). The normalized spacial score (nSPS) is 10.4. The number of rotatable bonds is 5. The number of nitrogens with zero attached hydrogens (tertiary/aromatic N) is 3. The minimum Gasteiger partial charge on any atom is -0.453 e. The lowest BCUT2D eigenvalue weighted by molar-refractivity contribution is 0.0940. The van der Waals surface area contributed by atoms with Crippen molar-refractivity contribution in [1.82, 2.24) is 20.1 Å². The molecule has 144 valence electrons. The Morgan fingerprint density at radius 3 is 2.43 bits per heavy atom. The SMILES string of the molecule is COC(=O)Nc1ccc(CNC(=O)c2nc(C)n(-c3ccc(Cl)cc3)n2)cc1. The third kappa shape index (κ3) is 4.66. The number of halogens is 1. The van der Waals surface area contributed by atoms with Crippen molar-refractivity contribution in [2.24, 2.45) is 0 Å². The Hall–Kier alpha value is -3.39. The fraction of sp³-hybridized carbons (Fsp3) is 0.158. The van der Waals surface area contributed by atoms with Crippen LogP contribution in [0.4, 0.5) is 10.5 Å². The zero-order valence-electron chi connectivity index (χ0n) is 15.3. The van der Waals surface area contributed by atoms with E-state index in [1.807, 2.05) is 0 Å². The maximum absolute atomic E-state index is 12.4. The summed E-state index contributed by atoms with van der Waals surface area (Å²) in [5, 5.41) is 10.2. The Morgan fingerprint density at radius 1 is 1.11 bits per heavy atom. The highest BCUT2D eigenvalue weighted by Crippen LogP contribution is 2.14. The number of amides is 2. The fourth-order valence-corrected chi connectivity index (χ4v) is 2.58. The molecule has 0 radical (unpaired) electrons. The van der Waals surface area contributed by atoms with E-state index in [9.17, 15) is 9.59 Å². The molecule has 2 aromatic carbocycles. The first-order valence-electron chi connectivity index (χ1n) is 8.38. The second-order valence-corrected chi connectivity index (χ2v) is 6.30. The molecule has 8 nitrogen and oxygen atoms in total. The highest BCUT2D eigenvalue weighted by molar-refractivity contribution is 6.30. The van der Waals surface area contributed by atoms with E-state index < -0.39 is 6.09 Å². The molecule has 2 N–H and O–H groups in total. The van der Waals surface area contributed by atoms with Crippen LogP contribution in [-0.2, 0) is 11.3 Å². The molecule has 0 spiro atoms. The first-order valence-corrected chi connectivity index (χ1v) is 8.76. The van der Waals surface area contributed by atoms with E-state index in [4.69, 9.17) is 11.6 Å². The Kier molecular flexibility index (Phi) is 5.90. The summed E-state index contributed by atoms with van der Waals surface area (Å²) < 4.78 is 6.11. The van der Waals surface area contributed by atoms with Gasteiger partial charge in [0.2, 0.25) is 5.82 Å². The maximum Gasteiger partial charge on any atom is 0.411 e. The number of nitrogens with one attached hydrogen (secondary N) is 2. The van der Waals surface area contributed by atoms with Crippen molar-refractivity contribution in [3.05, 3.63) is 70.8 Å². The van der Waals surface area contributed by atoms with E-state index in [1.165, 1.54) is 7.11 Å². The lowest BCUT2D eigenvalue weighted by atomic mass is 10.2. The Morgan fingerprint density at radius 2 is 1.79 bits per heavy atom. The third-order valence-electron chi connectivity index (χ3n) is 3.88. The van der Waals surface area contributed by atoms with Gasteiger partial charge in [-0.1, -0.05) is 23.7 Å². The number of aryl methyl sites for hydroxylation is 1. The van der Waals surface area contributed by atoms with Crippen LogP contribution >= 0.6 is 11.6 Å². The molecule has 2 amide bonds. The monoisotopic (exact) mass is 399 g/mol. The molecule has 3 aromatic rings. The molecule has 9 heteroatoms. The average molecular weight is 400 g/mol. The van der Waals surface area contributed by atoms with E-state index in [0.29, 0.717) is 23.1 Å². The molecule has 0 atom stereocenters. The summed E-state index contributed by atoms with van der Waals surface area (Å²) >= 11 is 5.90. The molecule has 1 heterocycles. The van der Waals surface area contributed by atoms with E-state index in [0.717, 1.165) is 11.3 Å². The fourth-order valence-electron chi connectivity index (χ4n) is 2.45. The molecule has 3 rings (SSSR count). The first kappa shape index (κ1) is 19.4. The molecular formula is C19H18ClN5O3. The van der Waals surface area contributed by atoms with Crippen LogP contribution in [-0.4, -0.2) is 33.9 Å². The van der Waals surface area contributed by atoms with Crippen LogP contribution in [0.25, 0.3) is 5.69 Å². The molecule has 0 fully saturated rings. The van der Waals surface area contributed by atoms with Gasteiger partial charge in [0.05, 0.1) is 12.8 Å². The minimum atomic E-state index is -0.543. The highest BCUT2D eigenvalue weighted by Gasteiger charge is 2.15. The molecule has 0 unspecified atom stereocenters. The highest BCUT2D eigenvalue weighted by atomic mass is 35.5. The lowest BCUT2D eigenvalue weighted by Gasteiger charge is -2.06. The number of aromatic nitrogens is 3. The summed E-state index contributed by atoms with van der Waals surface area (Å²) in [5.74, 6) is 0.287. The summed E-state index contributed by atoms with van der Waals surface area (Å²) in [7, 11) is 1.29. The van der Waals surface area contributed by atoms with Crippen LogP contribution in [0.15, 0.2) is 48.5 Å². The van der Waals surface area contributed by atoms with E-state index in [2.05, 4.69) is 25.5 Å². The average Bonchev–Trinajstić information content (AvgIpc) is 3.09. The van der Waals surface area contributed by atoms with Crippen LogP contribution in [0.2, 0.25) is 5.02 Å². The summed E-state index contributed by atoms with van der Waals surface area (Å²) in [6.45, 7) is 2.07. The number of carbonyl (C=O) groups is 2. The van der Waals surface area contributed by atoms with E-state index in [-0.39, 0.29) is 11.7 Å². The molecule has 0 aliphatic carbocycles. The molecule has 28 heavy (non-hydrogen) atoms. The van der Waals surface area contributed by atoms with Gasteiger partial charge in [-0.3, -0.25) is 10.1 Å². The van der Waals surface area contributed by atoms with Gasteiger partial charge in [-0.2, -0.15) is 0 Å². The molecule has 0 aliphatic heterocycles. The maximum atomic E-state index is 12.4. The lowest BCUT2D eigenvalue weighted by Crippen LogP contribution is -2.24. The number of hydrogen-bond acceptors (Lipinski definition) is 5. The molecular weight excluding hydrogens is 382 g/mol. The quantitative estimate of drug-likeness (QED) is 0.685. The van der Waals surface area contributed by atoms with Gasteiger partial charge in [-0.15, -0.1) is 5.10 Å². The number of methoxy groups -OCH3 is 1. The molecule has 1 aromatic heterocycles. The number of ether oxygens (including phenoxy) is 1. The second kappa shape index (κ2) is 8.53. The van der Waals surface area contributed by atoms with Gasteiger partial charge in [-0.05, 0) is 48.9 Å². The number of carbonyl (C=O) groups excluding carboxylic acids is 2. The van der Waals surface area contributed by atoms with Crippen molar-refractivity contribution in [2.75, 3.05) is 12.4 Å². The van der Waals surface area contributed by atoms with Crippen LogP contribution in [0.5, 0.6) is 0 Å². The van der Waals surface area contributed by atoms with Crippen LogP contribution in [0, 0.1) is 6.92 Å². The zero-order valence-corrected chi connectivity index (χ0v) is 16.0. The molecule has 0 saturated heterocycles. The molecule has 0 bridgehead atoms. The van der Waals surface area contributed by atoms with Crippen molar-refractivity contribution in [2.45, 2.75) is 13.5 Å². The molecule has 0 aliphatic rings. The second-order valence-electron chi connectivity index (χ2n) is 5.87. The summed E-state index contributed by atoms with van der Waals surface area (Å²) in [5.41, 5.74) is 2.22. The summed E-state index contributed by atoms with van der Waals surface area (Å²) in [6.07, 6.45) is -0.543. The Bertz CT molecular complexity index is 984. The van der Waals surface area contributed by atoms with Gasteiger partial charge in [-0.25, -0.2) is 14.5 Å². The van der Waals surface area contributed by atoms with Crippen LogP contribution < -0.4 is 10.6 Å². The predicted octanol–water partition coefficient (Wildman–Crippen LogP) is 3.34.